The molecule has 9 unspecified atom stereocenters. The zero-order valence-corrected chi connectivity index (χ0v) is 24.7. The second-order valence-corrected chi connectivity index (χ2v) is 14.0. The molecule has 1 heterocycles. The third kappa shape index (κ3) is 7.23. The van der Waals surface area contributed by atoms with Crippen LogP contribution in [0.25, 0.3) is 0 Å². The Morgan fingerprint density at radius 2 is 1.77 bits per heavy atom. The van der Waals surface area contributed by atoms with Crippen molar-refractivity contribution in [1.29, 1.82) is 5.41 Å². The van der Waals surface area contributed by atoms with E-state index in [-0.39, 0.29) is 52.8 Å². The molecule has 1 aromatic rings. The number of hydrogen-bond donors (Lipinski definition) is 2. The minimum Gasteiger partial charge on any atom is -0.353 e. The first-order valence-corrected chi connectivity index (χ1v) is 15.9. The third-order valence-electron chi connectivity index (χ3n) is 10.1. The van der Waals surface area contributed by atoms with Crippen LogP contribution < -0.4 is 10.9 Å². The fourth-order valence-corrected chi connectivity index (χ4v) is 8.46. The topological polar surface area (TPSA) is 72.0 Å². The molecule has 6 nitrogen and oxygen atoms in total. The van der Waals surface area contributed by atoms with Gasteiger partial charge in [-0.05, 0) is 93.8 Å². The van der Waals surface area contributed by atoms with Crippen LogP contribution in [0.15, 0.2) is 12.4 Å². The minimum absolute atomic E-state index is 0.0239. The van der Waals surface area contributed by atoms with Crippen molar-refractivity contribution in [3.8, 4) is 0 Å². The van der Waals surface area contributed by atoms with E-state index in [0.717, 1.165) is 38.5 Å². The predicted octanol–water partition coefficient (Wildman–Crippen LogP) is 5.99. The maximum absolute atomic E-state index is 14.3. The number of imidazole rings is 1. The van der Waals surface area contributed by atoms with Gasteiger partial charge < -0.3 is 19.2 Å². The summed E-state index contributed by atoms with van der Waals surface area (Å²) in [6.45, 7) is -2.37. The Bertz CT molecular complexity index is 1060. The number of rotatable bonds is 9. The van der Waals surface area contributed by atoms with E-state index in [1.165, 1.54) is 0 Å². The summed E-state index contributed by atoms with van der Waals surface area (Å²) in [6.07, 6.45) is 9.31. The predicted molar refractivity (Wildman–Crippen MR) is 148 cm³/mol. The number of nitrogens with zero attached hydrogens (tertiary/aromatic N) is 2. The van der Waals surface area contributed by atoms with Gasteiger partial charge in [0.15, 0.2) is 0 Å². The molecule has 4 fully saturated rings. The first-order chi connectivity index (χ1) is 19.1. The monoisotopic (exact) mass is 606 g/mol. The summed E-state index contributed by atoms with van der Waals surface area (Å²) in [5.74, 6) is 0.385. The van der Waals surface area contributed by atoms with Gasteiger partial charge in [-0.2, -0.15) is 8.78 Å². The van der Waals surface area contributed by atoms with Crippen LogP contribution in [-0.4, -0.2) is 50.7 Å². The molecule has 11 heteroatoms. The zero-order chi connectivity index (χ0) is 28.6. The van der Waals surface area contributed by atoms with Crippen molar-refractivity contribution in [3.63, 3.8) is 0 Å². The molecule has 0 spiro atoms. The highest BCUT2D eigenvalue weighted by atomic mass is 35.5. The molecular formula is C29H43Cl2F3N4O2. The zero-order valence-electron chi connectivity index (χ0n) is 23.2. The quantitative estimate of drug-likeness (QED) is 0.339. The Kier molecular flexibility index (Phi) is 9.83. The molecule has 1 aromatic heterocycles. The molecule has 1 amide bonds. The lowest BCUT2D eigenvalue weighted by atomic mass is 9.65. The first-order valence-electron chi connectivity index (χ1n) is 15.0. The molecule has 4 aliphatic carbocycles. The molecule has 4 saturated carbocycles. The van der Waals surface area contributed by atoms with E-state index in [1.54, 1.807) is 4.57 Å². The molecule has 40 heavy (non-hydrogen) atoms. The van der Waals surface area contributed by atoms with Gasteiger partial charge in [0, 0.05) is 49.7 Å². The van der Waals surface area contributed by atoms with Crippen LogP contribution in [0, 0.1) is 40.9 Å². The van der Waals surface area contributed by atoms with Gasteiger partial charge in [0.05, 0.1) is 11.5 Å². The average molecular weight is 608 g/mol. The van der Waals surface area contributed by atoms with Crippen LogP contribution in [0.4, 0.5) is 13.2 Å². The first kappa shape index (κ1) is 30.3. The highest BCUT2D eigenvalue weighted by Crippen LogP contribution is 2.46. The van der Waals surface area contributed by atoms with Crippen molar-refractivity contribution in [2.75, 3.05) is 0 Å². The average Bonchev–Trinajstić information content (AvgIpc) is 3.70. The summed E-state index contributed by atoms with van der Waals surface area (Å²) in [7, 11) is 1.82. The number of aromatic nitrogens is 2. The molecule has 226 valence electrons. The molecule has 0 radical (unpaired) electrons. The van der Waals surface area contributed by atoms with Gasteiger partial charge in [0.2, 0.25) is 11.5 Å². The third-order valence-corrected chi connectivity index (χ3v) is 11.2. The van der Waals surface area contributed by atoms with E-state index in [0.29, 0.717) is 49.7 Å². The summed E-state index contributed by atoms with van der Waals surface area (Å²) in [6, 6.07) is 0.0805. The molecule has 0 aliphatic heterocycles. The fourth-order valence-electron chi connectivity index (χ4n) is 7.87. The van der Waals surface area contributed by atoms with Crippen molar-refractivity contribution in [2.45, 2.75) is 113 Å². The van der Waals surface area contributed by atoms with Crippen LogP contribution in [-0.2, 0) is 23.1 Å². The Hall–Kier alpha value is -1.19. The van der Waals surface area contributed by atoms with E-state index >= 15 is 0 Å². The molecule has 0 bridgehead atoms. The number of nitrogens with one attached hydrogen (secondary N) is 2. The summed E-state index contributed by atoms with van der Waals surface area (Å²) in [5, 5.41) is 11.7. The molecule has 5 rings (SSSR count). The van der Waals surface area contributed by atoms with Gasteiger partial charge in [0.1, 0.15) is 6.17 Å². The highest BCUT2D eigenvalue weighted by molar-refractivity contribution is 6.30. The van der Waals surface area contributed by atoms with E-state index in [9.17, 15) is 18.0 Å². The second-order valence-electron chi connectivity index (χ2n) is 12.9. The lowest BCUT2D eigenvalue weighted by Gasteiger charge is -2.44. The number of ether oxygens (including phenoxy) is 1. The molecule has 0 saturated heterocycles. The Balaban J connectivity index is 1.33. The maximum Gasteiger partial charge on any atom is 0.345 e. The lowest BCUT2D eigenvalue weighted by Crippen LogP contribution is -2.49. The van der Waals surface area contributed by atoms with Gasteiger partial charge in [-0.15, -0.1) is 23.2 Å². The molecule has 4 aliphatic rings. The normalized spacial score (nSPS) is 37.8. The van der Waals surface area contributed by atoms with Gasteiger partial charge in [0.25, 0.3) is 0 Å². The van der Waals surface area contributed by atoms with E-state index in [4.69, 9.17) is 33.3 Å². The van der Waals surface area contributed by atoms with E-state index in [1.807, 2.05) is 24.0 Å². The molecular weight excluding hydrogens is 564 g/mol. The van der Waals surface area contributed by atoms with Crippen LogP contribution in [0.5, 0.6) is 0 Å². The molecule has 0 aromatic carbocycles. The molecule has 2 N–H and O–H groups in total. The highest BCUT2D eigenvalue weighted by Gasteiger charge is 2.45. The standard InChI is InChI=1S/C29H43Cl2F3N4O2/c1-37-8-9-38(29(37)35)15-16-10-19(22-6-5-21(32)14-25(22)40-28(33)34)12-20(11-16)27(39)36-26(17-2-3-17)18-4-7-23(30)24(31)13-18/h8-9,16-26,28,35H,2-7,10-15H2,1H3,(H,36,39)/t16?,18?,19?,20?,21?,22?,23?,24?,25?,26-/m0/s1. The van der Waals surface area contributed by atoms with Crippen LogP contribution in [0.2, 0.25) is 0 Å². The van der Waals surface area contributed by atoms with Crippen molar-refractivity contribution < 1.29 is 22.7 Å². The van der Waals surface area contributed by atoms with Gasteiger partial charge in [-0.25, -0.2) is 4.39 Å². The number of amides is 1. The minimum atomic E-state index is -2.95. The molecule has 10 atom stereocenters. The summed E-state index contributed by atoms with van der Waals surface area (Å²) in [4.78, 5) is 13.9. The van der Waals surface area contributed by atoms with Gasteiger partial charge in [-0.1, -0.05) is 0 Å². The Morgan fingerprint density at radius 1 is 1.02 bits per heavy atom. The number of hydrogen-bond acceptors (Lipinski definition) is 3. The van der Waals surface area contributed by atoms with Gasteiger partial charge in [-0.3, -0.25) is 10.2 Å². The van der Waals surface area contributed by atoms with Crippen LogP contribution in [0.1, 0.15) is 70.6 Å². The van der Waals surface area contributed by atoms with Crippen LogP contribution >= 0.6 is 23.2 Å². The van der Waals surface area contributed by atoms with Crippen molar-refractivity contribution in [1.82, 2.24) is 14.5 Å². The van der Waals surface area contributed by atoms with E-state index < -0.39 is 18.9 Å². The van der Waals surface area contributed by atoms with Crippen molar-refractivity contribution in [2.24, 2.45) is 42.6 Å². The number of carbonyl (C=O) groups is 1. The fraction of sp³-hybridized carbons (Fsp3) is 0.862. The lowest BCUT2D eigenvalue weighted by molar-refractivity contribution is -0.196. The smallest absolute Gasteiger partial charge is 0.345 e. The summed E-state index contributed by atoms with van der Waals surface area (Å²) in [5.41, 5.74) is 0.374. The van der Waals surface area contributed by atoms with Crippen molar-refractivity contribution >= 4 is 29.1 Å². The van der Waals surface area contributed by atoms with Crippen molar-refractivity contribution in [3.05, 3.63) is 18.0 Å². The second kappa shape index (κ2) is 13.0. The number of alkyl halides is 5. The van der Waals surface area contributed by atoms with E-state index in [2.05, 4.69) is 5.32 Å². The van der Waals surface area contributed by atoms with Crippen LogP contribution in [0.3, 0.4) is 0 Å². The Labute approximate surface area is 244 Å². The number of aryl methyl sites for hydroxylation is 1. The maximum atomic E-state index is 14.3. The van der Waals surface area contributed by atoms with Gasteiger partial charge >= 0.3 is 6.61 Å². The summed E-state index contributed by atoms with van der Waals surface area (Å²) >= 11 is 12.9. The number of carbonyl (C=O) groups excluding carboxylic acids is 1. The Morgan fingerprint density at radius 3 is 2.42 bits per heavy atom. The number of halogens is 5. The summed E-state index contributed by atoms with van der Waals surface area (Å²) < 4.78 is 49.4. The largest absolute Gasteiger partial charge is 0.353 e. The SMILES string of the molecule is Cn1ccn(CC2CC(C(=O)N[C@@H](C3CC3)C3CCC(Cl)C(Cl)C3)CC(C3CCC(F)CC3OC(F)F)C2)c1=N.